The van der Waals surface area contributed by atoms with E-state index in [4.69, 9.17) is 0 Å². The van der Waals surface area contributed by atoms with Crippen LogP contribution >= 0.6 is 0 Å². The molecule has 4 rings (SSSR count). The van der Waals surface area contributed by atoms with Gasteiger partial charge >= 0.3 is 0 Å². The molecular formula is C31H37N5O. The van der Waals surface area contributed by atoms with Crippen molar-refractivity contribution in [2.45, 2.75) is 65.2 Å². The lowest BCUT2D eigenvalue weighted by molar-refractivity contribution is 0.0643. The largest absolute Gasteiger partial charge is 0.338 e. The van der Waals surface area contributed by atoms with Crippen molar-refractivity contribution in [3.05, 3.63) is 89.7 Å². The van der Waals surface area contributed by atoms with Gasteiger partial charge in [-0.25, -0.2) is 0 Å². The van der Waals surface area contributed by atoms with Crippen molar-refractivity contribution in [1.82, 2.24) is 14.8 Å². The zero-order chi connectivity index (χ0) is 26.4. The first kappa shape index (κ1) is 26.4. The lowest BCUT2D eigenvalue weighted by atomic mass is 10.00. The number of carbonyl (C=O) groups excluding carboxylic acids is 1. The molecule has 1 aliphatic rings. The van der Waals surface area contributed by atoms with Gasteiger partial charge in [0.2, 0.25) is 0 Å². The molecule has 6 nitrogen and oxygen atoms in total. The van der Waals surface area contributed by atoms with E-state index in [-0.39, 0.29) is 18.0 Å². The van der Waals surface area contributed by atoms with Gasteiger partial charge in [0.15, 0.2) is 0 Å². The van der Waals surface area contributed by atoms with Crippen molar-refractivity contribution in [2.75, 3.05) is 18.0 Å². The van der Waals surface area contributed by atoms with Gasteiger partial charge in [0.25, 0.3) is 5.91 Å². The predicted octanol–water partition coefficient (Wildman–Crippen LogP) is 6.01. The molecule has 0 N–H and O–H groups in total. The van der Waals surface area contributed by atoms with Crippen LogP contribution in [0.5, 0.6) is 0 Å². The molecule has 1 amide bonds. The van der Waals surface area contributed by atoms with Gasteiger partial charge in [-0.15, -0.1) is 0 Å². The van der Waals surface area contributed by atoms with Gasteiger partial charge in [0, 0.05) is 60.9 Å². The first-order valence-electron chi connectivity index (χ1n) is 13.2. The Morgan fingerprint density at radius 3 is 2.27 bits per heavy atom. The van der Waals surface area contributed by atoms with Crippen molar-refractivity contribution < 1.29 is 4.79 Å². The second kappa shape index (κ2) is 12.0. The quantitative estimate of drug-likeness (QED) is 0.383. The molecule has 0 aliphatic carbocycles. The van der Waals surface area contributed by atoms with E-state index < -0.39 is 0 Å². The molecule has 6 heteroatoms. The number of nitriles is 1. The van der Waals surface area contributed by atoms with E-state index in [0.717, 1.165) is 49.5 Å². The third-order valence-electron chi connectivity index (χ3n) is 7.03. The zero-order valence-corrected chi connectivity index (χ0v) is 22.3. The van der Waals surface area contributed by atoms with E-state index in [9.17, 15) is 10.1 Å². The Kier molecular flexibility index (Phi) is 8.58. The maximum Gasteiger partial charge on any atom is 0.254 e. The van der Waals surface area contributed by atoms with Gasteiger partial charge in [-0.05, 0) is 95.1 Å². The summed E-state index contributed by atoms with van der Waals surface area (Å²) >= 11 is 0. The standard InChI is InChI=1S/C31H37N5O/c1-23(2)35(24(3)4)31(37)26-11-13-28(14-12-26)36(30-10-7-8-25(20-30)21-32)29-15-18-34(19-16-29)22-27-9-5-6-17-33-27/h5-14,17,20,23-24,29H,15-16,18-19,22H2,1-4H3. The summed E-state index contributed by atoms with van der Waals surface area (Å²) in [7, 11) is 0. The van der Waals surface area contributed by atoms with E-state index in [0.29, 0.717) is 17.2 Å². The van der Waals surface area contributed by atoms with E-state index in [1.807, 2.05) is 65.7 Å². The van der Waals surface area contributed by atoms with E-state index in [1.54, 1.807) is 0 Å². The molecule has 0 atom stereocenters. The molecule has 0 radical (unpaired) electrons. The fourth-order valence-corrected chi connectivity index (χ4v) is 5.33. The summed E-state index contributed by atoms with van der Waals surface area (Å²) in [6, 6.07) is 24.7. The summed E-state index contributed by atoms with van der Waals surface area (Å²) in [6.07, 6.45) is 3.85. The van der Waals surface area contributed by atoms with Crippen LogP contribution in [-0.2, 0) is 6.54 Å². The fourth-order valence-electron chi connectivity index (χ4n) is 5.33. The van der Waals surface area contributed by atoms with Gasteiger partial charge in [-0.3, -0.25) is 14.7 Å². The van der Waals surface area contributed by atoms with E-state index in [2.05, 4.69) is 60.7 Å². The molecule has 1 saturated heterocycles. The minimum atomic E-state index is 0.0532. The van der Waals surface area contributed by atoms with Gasteiger partial charge in [-0.1, -0.05) is 12.1 Å². The number of pyridine rings is 1. The molecule has 1 aromatic heterocycles. The molecule has 0 spiro atoms. The van der Waals surface area contributed by atoms with Crippen LogP contribution in [0.3, 0.4) is 0 Å². The molecule has 0 bridgehead atoms. The molecular weight excluding hydrogens is 458 g/mol. The minimum Gasteiger partial charge on any atom is -0.338 e. The Balaban J connectivity index is 1.57. The monoisotopic (exact) mass is 495 g/mol. The van der Waals surface area contributed by atoms with Crippen LogP contribution < -0.4 is 4.90 Å². The molecule has 3 aromatic rings. The second-order valence-corrected chi connectivity index (χ2v) is 10.3. The highest BCUT2D eigenvalue weighted by Gasteiger charge is 2.27. The highest BCUT2D eigenvalue weighted by molar-refractivity contribution is 5.95. The summed E-state index contributed by atoms with van der Waals surface area (Å²) in [5.74, 6) is 0.0532. The van der Waals surface area contributed by atoms with Gasteiger partial charge in [0.05, 0.1) is 17.3 Å². The fraction of sp³-hybridized carbons (Fsp3) is 0.387. The normalized spacial score (nSPS) is 14.5. The SMILES string of the molecule is CC(C)N(C(=O)c1ccc(N(c2cccc(C#N)c2)C2CCN(Cc3ccccn3)CC2)cc1)C(C)C. The van der Waals surface area contributed by atoms with Gasteiger partial charge in [0.1, 0.15) is 0 Å². The summed E-state index contributed by atoms with van der Waals surface area (Å²) < 4.78 is 0. The van der Waals surface area contributed by atoms with Crippen LogP contribution in [0, 0.1) is 11.3 Å². The van der Waals surface area contributed by atoms with Gasteiger partial charge in [-0.2, -0.15) is 5.26 Å². The van der Waals surface area contributed by atoms with Crippen LogP contribution in [0.4, 0.5) is 11.4 Å². The predicted molar refractivity (Wildman–Crippen MR) is 149 cm³/mol. The van der Waals surface area contributed by atoms with Crippen LogP contribution in [0.25, 0.3) is 0 Å². The zero-order valence-electron chi connectivity index (χ0n) is 22.3. The topological polar surface area (TPSA) is 63.5 Å². The summed E-state index contributed by atoms with van der Waals surface area (Å²) in [4.78, 5) is 24.4. The van der Waals surface area contributed by atoms with Crippen LogP contribution in [0.2, 0.25) is 0 Å². The molecule has 2 heterocycles. The van der Waals surface area contributed by atoms with Crippen molar-refractivity contribution in [3.63, 3.8) is 0 Å². The Labute approximate surface area is 221 Å². The minimum absolute atomic E-state index is 0.0532. The molecule has 192 valence electrons. The van der Waals surface area contributed by atoms with Crippen molar-refractivity contribution in [3.8, 4) is 6.07 Å². The van der Waals surface area contributed by atoms with Crippen molar-refractivity contribution in [1.29, 1.82) is 5.26 Å². The molecule has 1 aliphatic heterocycles. The number of anilines is 2. The Morgan fingerprint density at radius 2 is 1.68 bits per heavy atom. The summed E-state index contributed by atoms with van der Waals surface area (Å²) in [6.45, 7) is 11.0. The maximum atomic E-state index is 13.2. The maximum absolute atomic E-state index is 13.2. The first-order valence-corrected chi connectivity index (χ1v) is 13.2. The molecule has 0 unspecified atom stereocenters. The number of piperidine rings is 1. The molecule has 1 fully saturated rings. The Morgan fingerprint density at radius 1 is 0.973 bits per heavy atom. The lowest BCUT2D eigenvalue weighted by Crippen LogP contribution is -2.43. The number of carbonyl (C=O) groups is 1. The number of likely N-dealkylation sites (tertiary alicyclic amines) is 1. The average molecular weight is 496 g/mol. The third kappa shape index (κ3) is 6.36. The molecule has 2 aromatic carbocycles. The van der Waals surface area contributed by atoms with E-state index >= 15 is 0 Å². The number of aromatic nitrogens is 1. The third-order valence-corrected chi connectivity index (χ3v) is 7.03. The number of benzene rings is 2. The Bertz CT molecular complexity index is 1200. The van der Waals surface area contributed by atoms with Crippen molar-refractivity contribution >= 4 is 17.3 Å². The summed E-state index contributed by atoms with van der Waals surface area (Å²) in [5, 5.41) is 9.52. The lowest BCUT2D eigenvalue weighted by Gasteiger charge is -2.40. The smallest absolute Gasteiger partial charge is 0.254 e. The van der Waals surface area contributed by atoms with Crippen LogP contribution in [0.15, 0.2) is 72.9 Å². The van der Waals surface area contributed by atoms with Crippen molar-refractivity contribution in [2.24, 2.45) is 0 Å². The summed E-state index contributed by atoms with van der Waals surface area (Å²) in [5.41, 5.74) is 4.48. The average Bonchev–Trinajstić information content (AvgIpc) is 2.90. The molecule has 0 saturated carbocycles. The Hall–Kier alpha value is -3.69. The number of amides is 1. The highest BCUT2D eigenvalue weighted by Crippen LogP contribution is 2.33. The van der Waals surface area contributed by atoms with Gasteiger partial charge < -0.3 is 9.80 Å². The number of hydrogen-bond acceptors (Lipinski definition) is 5. The highest BCUT2D eigenvalue weighted by atomic mass is 16.2. The number of rotatable bonds is 8. The number of hydrogen-bond donors (Lipinski definition) is 0. The number of nitrogens with zero attached hydrogens (tertiary/aromatic N) is 5. The second-order valence-electron chi connectivity index (χ2n) is 10.3. The van der Waals surface area contributed by atoms with Crippen LogP contribution in [-0.4, -0.2) is 51.9 Å². The molecule has 37 heavy (non-hydrogen) atoms. The first-order chi connectivity index (χ1) is 17.9. The van der Waals surface area contributed by atoms with E-state index in [1.165, 1.54) is 0 Å². The van der Waals surface area contributed by atoms with Crippen LogP contribution in [0.1, 0.15) is 62.2 Å².